The van der Waals surface area contributed by atoms with Gasteiger partial charge in [-0.1, -0.05) is 0 Å². The molecule has 2 aromatic rings. The number of aromatic nitrogens is 2. The zero-order valence-electron chi connectivity index (χ0n) is 13.3. The Hall–Kier alpha value is -1.77. The molecule has 24 heavy (non-hydrogen) atoms. The van der Waals surface area contributed by atoms with Crippen LogP contribution >= 0.6 is 11.3 Å². The lowest BCUT2D eigenvalue weighted by Gasteiger charge is -2.20. The van der Waals surface area contributed by atoms with Crippen LogP contribution in [-0.2, 0) is 4.74 Å². The van der Waals surface area contributed by atoms with Crippen molar-refractivity contribution < 1.29 is 13.9 Å². The van der Waals surface area contributed by atoms with Crippen LogP contribution in [0.4, 0.5) is 5.13 Å². The van der Waals surface area contributed by atoms with E-state index in [-0.39, 0.29) is 12.0 Å². The Balaban J connectivity index is 1.45. The molecule has 0 saturated carbocycles. The molecule has 0 spiro atoms. The van der Waals surface area contributed by atoms with E-state index in [0.29, 0.717) is 29.1 Å². The van der Waals surface area contributed by atoms with Crippen LogP contribution < -0.4 is 10.6 Å². The summed E-state index contributed by atoms with van der Waals surface area (Å²) in [6, 6.07) is 0. The van der Waals surface area contributed by atoms with E-state index in [9.17, 15) is 4.79 Å². The van der Waals surface area contributed by atoms with Gasteiger partial charge in [-0.3, -0.25) is 10.1 Å². The van der Waals surface area contributed by atoms with Crippen molar-refractivity contribution in [2.45, 2.75) is 37.7 Å². The predicted molar refractivity (Wildman–Crippen MR) is 89.3 cm³/mol. The number of oxazole rings is 1. The molecule has 0 radical (unpaired) electrons. The first-order valence-electron chi connectivity index (χ1n) is 8.34. The summed E-state index contributed by atoms with van der Waals surface area (Å²) in [5.41, 5.74) is 0.292. The van der Waals surface area contributed by atoms with Crippen molar-refractivity contribution in [1.29, 1.82) is 0 Å². The van der Waals surface area contributed by atoms with Gasteiger partial charge in [0.25, 0.3) is 5.91 Å². The molecular weight excluding hydrogens is 328 g/mol. The highest BCUT2D eigenvalue weighted by atomic mass is 32.1. The van der Waals surface area contributed by atoms with Crippen LogP contribution in [0.15, 0.2) is 17.0 Å². The van der Waals surface area contributed by atoms with E-state index in [1.165, 1.54) is 11.3 Å². The van der Waals surface area contributed by atoms with Crippen LogP contribution in [0.2, 0.25) is 0 Å². The lowest BCUT2D eigenvalue weighted by molar-refractivity contribution is 0.0889. The Morgan fingerprint density at radius 2 is 2.17 bits per heavy atom. The van der Waals surface area contributed by atoms with Gasteiger partial charge in [-0.15, -0.1) is 11.3 Å². The quantitative estimate of drug-likeness (QED) is 0.883. The second-order valence-electron chi connectivity index (χ2n) is 6.11. The monoisotopic (exact) mass is 348 g/mol. The zero-order chi connectivity index (χ0) is 16.4. The van der Waals surface area contributed by atoms with E-state index < -0.39 is 0 Å². The number of nitrogens with one attached hydrogen (secondary N) is 2. The molecule has 2 aromatic heterocycles. The Kier molecular flexibility index (Phi) is 4.59. The first-order valence-corrected chi connectivity index (χ1v) is 9.15. The number of nitrogens with zero attached hydrogens (tertiary/aromatic N) is 2. The Bertz CT molecular complexity index is 702. The molecule has 0 aliphatic carbocycles. The zero-order valence-corrected chi connectivity index (χ0v) is 14.1. The summed E-state index contributed by atoms with van der Waals surface area (Å²) in [4.78, 5) is 22.1. The van der Waals surface area contributed by atoms with Gasteiger partial charge in [0, 0.05) is 17.7 Å². The molecule has 2 aliphatic heterocycles. The fraction of sp³-hybridized carbons (Fsp3) is 0.562. The van der Waals surface area contributed by atoms with Gasteiger partial charge in [-0.05, 0) is 44.7 Å². The molecule has 128 valence electrons. The molecule has 2 saturated heterocycles. The summed E-state index contributed by atoms with van der Waals surface area (Å²) in [6.07, 6.45) is 7.05. The van der Waals surface area contributed by atoms with Crippen LogP contribution in [0.3, 0.4) is 0 Å². The fourth-order valence-corrected chi connectivity index (χ4v) is 4.21. The third-order valence-electron chi connectivity index (χ3n) is 4.52. The molecule has 0 aromatic carbocycles. The number of piperidine rings is 1. The smallest absolute Gasteiger partial charge is 0.279 e. The van der Waals surface area contributed by atoms with E-state index in [0.717, 1.165) is 38.8 Å². The Labute approximate surface area is 143 Å². The van der Waals surface area contributed by atoms with Crippen molar-refractivity contribution in [2.75, 3.05) is 25.0 Å². The highest BCUT2D eigenvalue weighted by Crippen LogP contribution is 2.33. The van der Waals surface area contributed by atoms with Gasteiger partial charge in [0.05, 0.1) is 0 Å². The Morgan fingerprint density at radius 3 is 2.96 bits per heavy atom. The number of anilines is 1. The summed E-state index contributed by atoms with van der Waals surface area (Å²) in [5.74, 6) is 0.754. The van der Waals surface area contributed by atoms with Crippen molar-refractivity contribution in [3.63, 3.8) is 0 Å². The number of hydrogen-bond acceptors (Lipinski definition) is 7. The fourth-order valence-electron chi connectivity index (χ4n) is 3.23. The van der Waals surface area contributed by atoms with Gasteiger partial charge in [0.2, 0.25) is 0 Å². The molecule has 1 atom stereocenters. The van der Waals surface area contributed by atoms with E-state index in [2.05, 4.69) is 20.6 Å². The summed E-state index contributed by atoms with van der Waals surface area (Å²) >= 11 is 1.54. The van der Waals surface area contributed by atoms with Crippen LogP contribution in [0.1, 0.15) is 58.8 Å². The second-order valence-corrected chi connectivity index (χ2v) is 7.18. The van der Waals surface area contributed by atoms with Crippen molar-refractivity contribution in [1.82, 2.24) is 15.3 Å². The topological polar surface area (TPSA) is 89.3 Å². The lowest BCUT2D eigenvalue weighted by atomic mass is 9.97. The normalized spacial score (nSPS) is 21.9. The number of amides is 1. The first kappa shape index (κ1) is 15.7. The summed E-state index contributed by atoms with van der Waals surface area (Å²) in [6.45, 7) is 2.76. The van der Waals surface area contributed by atoms with E-state index in [4.69, 9.17) is 9.15 Å². The highest BCUT2D eigenvalue weighted by Gasteiger charge is 2.28. The van der Waals surface area contributed by atoms with Crippen LogP contribution in [-0.4, -0.2) is 35.6 Å². The highest BCUT2D eigenvalue weighted by molar-refractivity contribution is 7.15. The molecule has 1 unspecified atom stereocenters. The standard InChI is InChI=1S/C16H20N4O3S/c21-15(13-14(23-9-19-13)11-2-1-7-22-11)20-16-18-8-12(24-16)10-3-5-17-6-4-10/h8-11,17H,1-7H2,(H,18,20,21). The third kappa shape index (κ3) is 3.22. The van der Waals surface area contributed by atoms with Gasteiger partial charge in [0.15, 0.2) is 23.0 Å². The van der Waals surface area contributed by atoms with Gasteiger partial charge in [-0.25, -0.2) is 9.97 Å². The van der Waals surface area contributed by atoms with Crippen LogP contribution in [0, 0.1) is 0 Å². The SMILES string of the molecule is O=C(Nc1ncc(C2CCNCC2)s1)c1ncoc1C1CCCO1. The summed E-state index contributed by atoms with van der Waals surface area (Å²) in [5, 5.41) is 6.81. The minimum absolute atomic E-state index is 0.171. The second kappa shape index (κ2) is 7.00. The average Bonchev–Trinajstić information content (AvgIpc) is 3.36. The number of hydrogen-bond donors (Lipinski definition) is 2. The van der Waals surface area contributed by atoms with Gasteiger partial charge in [0.1, 0.15) is 6.10 Å². The van der Waals surface area contributed by atoms with Crippen molar-refractivity contribution in [3.05, 3.63) is 28.9 Å². The molecule has 0 bridgehead atoms. The van der Waals surface area contributed by atoms with Crippen LogP contribution in [0.25, 0.3) is 0 Å². The average molecular weight is 348 g/mol. The van der Waals surface area contributed by atoms with E-state index in [1.54, 1.807) is 11.3 Å². The molecular formula is C16H20N4O3S. The number of thiazole rings is 1. The van der Waals surface area contributed by atoms with Gasteiger partial charge >= 0.3 is 0 Å². The number of ether oxygens (including phenoxy) is 1. The minimum atomic E-state index is -0.291. The molecule has 1 amide bonds. The van der Waals surface area contributed by atoms with Crippen molar-refractivity contribution >= 4 is 22.4 Å². The summed E-state index contributed by atoms with van der Waals surface area (Å²) in [7, 11) is 0. The molecule has 2 fully saturated rings. The minimum Gasteiger partial charge on any atom is -0.445 e. The van der Waals surface area contributed by atoms with E-state index in [1.807, 2.05) is 6.20 Å². The number of carbonyl (C=O) groups excluding carboxylic acids is 1. The van der Waals surface area contributed by atoms with Gasteiger partial charge in [-0.2, -0.15) is 0 Å². The predicted octanol–water partition coefficient (Wildman–Crippen LogP) is 2.70. The van der Waals surface area contributed by atoms with Gasteiger partial charge < -0.3 is 14.5 Å². The molecule has 4 rings (SSSR count). The molecule has 7 nitrogen and oxygen atoms in total. The number of rotatable bonds is 4. The lowest BCUT2D eigenvalue weighted by Crippen LogP contribution is -2.26. The largest absolute Gasteiger partial charge is 0.445 e. The molecule has 4 heterocycles. The maximum Gasteiger partial charge on any atom is 0.279 e. The summed E-state index contributed by atoms with van der Waals surface area (Å²) < 4.78 is 11.0. The van der Waals surface area contributed by atoms with E-state index >= 15 is 0 Å². The first-order chi connectivity index (χ1) is 11.8. The third-order valence-corrected chi connectivity index (χ3v) is 5.59. The van der Waals surface area contributed by atoms with Crippen LogP contribution in [0.5, 0.6) is 0 Å². The van der Waals surface area contributed by atoms with Crippen molar-refractivity contribution in [3.8, 4) is 0 Å². The van der Waals surface area contributed by atoms with Crippen molar-refractivity contribution in [2.24, 2.45) is 0 Å². The Morgan fingerprint density at radius 1 is 1.29 bits per heavy atom. The number of carbonyl (C=O) groups is 1. The maximum absolute atomic E-state index is 12.5. The molecule has 2 aliphatic rings. The molecule has 2 N–H and O–H groups in total. The maximum atomic E-state index is 12.5. The molecule has 8 heteroatoms.